The van der Waals surface area contributed by atoms with Gasteiger partial charge in [-0.05, 0) is 12.0 Å². The summed E-state index contributed by atoms with van der Waals surface area (Å²) in [5.74, 6) is -0.00685. The first kappa shape index (κ1) is 9.57. The van der Waals surface area contributed by atoms with Crippen molar-refractivity contribution in [2.24, 2.45) is 7.05 Å². The first-order valence-electron chi connectivity index (χ1n) is 4.62. The highest BCUT2D eigenvalue weighted by Gasteiger charge is 2.09. The zero-order valence-corrected chi connectivity index (χ0v) is 8.34. The summed E-state index contributed by atoms with van der Waals surface area (Å²) in [4.78, 5) is 11.5. The molecule has 0 aliphatic heterocycles. The van der Waals surface area contributed by atoms with E-state index < -0.39 is 0 Å². The Morgan fingerprint density at radius 2 is 2.40 bits per heavy atom. The van der Waals surface area contributed by atoms with Gasteiger partial charge in [0.1, 0.15) is 5.69 Å². The number of carbonyl (C=O) groups is 1. The van der Waals surface area contributed by atoms with Crippen LogP contribution < -0.4 is 0 Å². The van der Waals surface area contributed by atoms with Crippen LogP contribution in [0.1, 0.15) is 22.5 Å². The Morgan fingerprint density at radius 3 is 3.00 bits per heavy atom. The van der Waals surface area contributed by atoms with Gasteiger partial charge in [-0.15, -0.1) is 0 Å². The average Bonchev–Trinajstić information content (AvgIpc) is 2.84. The summed E-state index contributed by atoms with van der Waals surface area (Å²) in [7, 11) is 1.85. The molecule has 78 valence electrons. The van der Waals surface area contributed by atoms with Crippen LogP contribution in [-0.2, 0) is 13.5 Å². The summed E-state index contributed by atoms with van der Waals surface area (Å²) in [5, 5.41) is 13.8. The molecule has 0 atom stereocenters. The van der Waals surface area contributed by atoms with Gasteiger partial charge >= 0.3 is 0 Å². The summed E-state index contributed by atoms with van der Waals surface area (Å²) >= 11 is 0. The maximum absolute atomic E-state index is 11.5. The largest absolute Gasteiger partial charge is 0.292 e. The van der Waals surface area contributed by atoms with Gasteiger partial charge in [-0.2, -0.15) is 20.5 Å². The Bertz CT molecular complexity index is 445. The zero-order chi connectivity index (χ0) is 10.7. The van der Waals surface area contributed by atoms with Crippen molar-refractivity contribution in [1.29, 1.82) is 0 Å². The van der Waals surface area contributed by atoms with E-state index in [1.54, 1.807) is 10.9 Å². The molecule has 0 aliphatic carbocycles. The lowest BCUT2D eigenvalue weighted by molar-refractivity contribution is 0.0978. The fraction of sp³-hybridized carbons (Fsp3) is 0.333. The number of aryl methyl sites for hydroxylation is 2. The van der Waals surface area contributed by atoms with E-state index in [0.717, 1.165) is 5.56 Å². The zero-order valence-electron chi connectivity index (χ0n) is 8.34. The minimum atomic E-state index is -0.00685. The predicted octanol–water partition coefficient (Wildman–Crippen LogP) is 0.354. The summed E-state index contributed by atoms with van der Waals surface area (Å²) in [6.07, 6.45) is 6.20. The lowest BCUT2D eigenvalue weighted by Crippen LogP contribution is -2.01. The van der Waals surface area contributed by atoms with Gasteiger partial charge in [0.15, 0.2) is 5.78 Å². The second-order valence-corrected chi connectivity index (χ2v) is 3.30. The van der Waals surface area contributed by atoms with Crippen LogP contribution in [0.3, 0.4) is 0 Å². The second kappa shape index (κ2) is 4.04. The van der Waals surface area contributed by atoms with Crippen LogP contribution >= 0.6 is 0 Å². The molecular weight excluding hydrogens is 194 g/mol. The molecule has 0 bridgehead atoms. The third-order valence-corrected chi connectivity index (χ3v) is 2.10. The summed E-state index contributed by atoms with van der Waals surface area (Å²) in [6, 6.07) is 0. The van der Waals surface area contributed by atoms with Gasteiger partial charge in [0.25, 0.3) is 0 Å². The molecule has 0 spiro atoms. The Kier molecular flexibility index (Phi) is 2.57. The van der Waals surface area contributed by atoms with E-state index in [1.807, 2.05) is 13.2 Å². The third kappa shape index (κ3) is 2.28. The van der Waals surface area contributed by atoms with Crippen LogP contribution in [0.5, 0.6) is 0 Å². The Labute approximate surface area is 86.3 Å². The standard InChI is InChI=1S/C9H11N5O/c1-14-6-7(4-11-14)2-3-9(15)8-5-10-13-12-8/h4-6H,2-3H2,1H3,(H,10,12,13). The van der Waals surface area contributed by atoms with Gasteiger partial charge in [0, 0.05) is 19.7 Å². The third-order valence-electron chi connectivity index (χ3n) is 2.10. The van der Waals surface area contributed by atoms with Crippen LogP contribution in [-0.4, -0.2) is 31.0 Å². The molecule has 0 saturated carbocycles. The first-order valence-corrected chi connectivity index (χ1v) is 4.62. The number of carbonyl (C=O) groups excluding carboxylic acids is 1. The second-order valence-electron chi connectivity index (χ2n) is 3.30. The van der Waals surface area contributed by atoms with E-state index in [0.29, 0.717) is 18.5 Å². The molecule has 6 heteroatoms. The van der Waals surface area contributed by atoms with E-state index >= 15 is 0 Å². The van der Waals surface area contributed by atoms with Crippen molar-refractivity contribution in [2.75, 3.05) is 0 Å². The van der Waals surface area contributed by atoms with Crippen molar-refractivity contribution in [3.63, 3.8) is 0 Å². The fourth-order valence-electron chi connectivity index (χ4n) is 1.32. The number of rotatable bonds is 4. The van der Waals surface area contributed by atoms with Crippen LogP contribution in [0.25, 0.3) is 0 Å². The van der Waals surface area contributed by atoms with Gasteiger partial charge in [-0.1, -0.05) is 0 Å². The van der Waals surface area contributed by atoms with Crippen LogP contribution in [0.4, 0.5) is 0 Å². The number of nitrogens with one attached hydrogen (secondary N) is 1. The lowest BCUT2D eigenvalue weighted by atomic mass is 10.1. The molecule has 0 radical (unpaired) electrons. The van der Waals surface area contributed by atoms with Gasteiger partial charge in [0.2, 0.25) is 0 Å². The van der Waals surface area contributed by atoms with Crippen molar-refractivity contribution in [1.82, 2.24) is 25.2 Å². The molecule has 0 saturated heterocycles. The molecule has 15 heavy (non-hydrogen) atoms. The number of nitrogens with zero attached hydrogens (tertiary/aromatic N) is 4. The van der Waals surface area contributed by atoms with Crippen molar-refractivity contribution >= 4 is 5.78 Å². The number of aromatic amines is 1. The van der Waals surface area contributed by atoms with Crippen molar-refractivity contribution < 1.29 is 4.79 Å². The van der Waals surface area contributed by atoms with Gasteiger partial charge in [-0.3, -0.25) is 9.48 Å². The van der Waals surface area contributed by atoms with E-state index in [1.165, 1.54) is 6.20 Å². The van der Waals surface area contributed by atoms with E-state index in [4.69, 9.17) is 0 Å². The predicted molar refractivity (Wildman–Crippen MR) is 52.2 cm³/mol. The van der Waals surface area contributed by atoms with Gasteiger partial charge < -0.3 is 0 Å². The maximum atomic E-state index is 11.5. The summed E-state index contributed by atoms with van der Waals surface area (Å²) in [5.41, 5.74) is 1.44. The van der Waals surface area contributed by atoms with Gasteiger partial charge in [-0.25, -0.2) is 0 Å². The molecule has 0 aliphatic rings. The first-order chi connectivity index (χ1) is 7.25. The fourth-order valence-corrected chi connectivity index (χ4v) is 1.32. The minimum Gasteiger partial charge on any atom is -0.292 e. The lowest BCUT2D eigenvalue weighted by Gasteiger charge is -1.94. The number of ketones is 1. The van der Waals surface area contributed by atoms with E-state index in [9.17, 15) is 4.79 Å². The molecule has 2 aromatic heterocycles. The Hall–Kier alpha value is -1.98. The van der Waals surface area contributed by atoms with E-state index in [2.05, 4.69) is 20.5 Å². The number of aromatic nitrogens is 5. The van der Waals surface area contributed by atoms with Crippen LogP contribution in [0, 0.1) is 0 Å². The Morgan fingerprint density at radius 1 is 1.53 bits per heavy atom. The highest BCUT2D eigenvalue weighted by molar-refractivity contribution is 5.93. The summed E-state index contributed by atoms with van der Waals surface area (Å²) in [6.45, 7) is 0. The number of hydrogen-bond donors (Lipinski definition) is 1. The molecule has 6 nitrogen and oxygen atoms in total. The molecule has 0 unspecified atom stereocenters. The van der Waals surface area contributed by atoms with Crippen molar-refractivity contribution in [3.05, 3.63) is 29.8 Å². The smallest absolute Gasteiger partial charge is 0.185 e. The highest BCUT2D eigenvalue weighted by Crippen LogP contribution is 2.04. The number of H-pyrrole nitrogens is 1. The minimum absolute atomic E-state index is 0.00685. The average molecular weight is 205 g/mol. The molecule has 2 rings (SSSR count). The van der Waals surface area contributed by atoms with Gasteiger partial charge in [0.05, 0.1) is 12.4 Å². The van der Waals surface area contributed by atoms with E-state index in [-0.39, 0.29) is 5.78 Å². The number of Topliss-reactive ketones (excluding diaryl/α,β-unsaturated/α-hetero) is 1. The maximum Gasteiger partial charge on any atom is 0.185 e. The topological polar surface area (TPSA) is 76.5 Å². The molecule has 0 amide bonds. The van der Waals surface area contributed by atoms with Crippen molar-refractivity contribution in [3.8, 4) is 0 Å². The Balaban J connectivity index is 1.91. The molecule has 2 aromatic rings. The van der Waals surface area contributed by atoms with Crippen molar-refractivity contribution in [2.45, 2.75) is 12.8 Å². The monoisotopic (exact) mass is 205 g/mol. The number of hydrogen-bond acceptors (Lipinski definition) is 4. The molecule has 0 fully saturated rings. The van der Waals surface area contributed by atoms with Crippen LogP contribution in [0.15, 0.2) is 18.6 Å². The summed E-state index contributed by atoms with van der Waals surface area (Å²) < 4.78 is 1.72. The quantitative estimate of drug-likeness (QED) is 0.731. The molecule has 2 heterocycles. The highest BCUT2D eigenvalue weighted by atomic mass is 16.1. The molecule has 0 aromatic carbocycles. The van der Waals surface area contributed by atoms with Crippen LogP contribution in [0.2, 0.25) is 0 Å². The molecule has 1 N–H and O–H groups in total. The normalized spacial score (nSPS) is 10.5. The molecular formula is C9H11N5O. The SMILES string of the molecule is Cn1cc(CCC(=O)c2cn[nH]n2)cn1.